The largest absolute Gasteiger partial charge is 0.464 e. The molecule has 9 heteroatoms. The molecule has 78 valence electrons. The van der Waals surface area contributed by atoms with Crippen LogP contribution in [0.15, 0.2) is 11.0 Å². The third-order valence-electron chi connectivity index (χ3n) is 1.14. The Labute approximate surface area is 93.3 Å². The van der Waals surface area contributed by atoms with E-state index in [-0.39, 0.29) is 13.6 Å². The zero-order valence-corrected chi connectivity index (χ0v) is 9.47. The Morgan fingerprint density at radius 3 is 2.43 bits per heavy atom. The highest BCUT2D eigenvalue weighted by Crippen LogP contribution is 2.33. The molecule has 1 aromatic rings. The number of thiophene rings is 1. The van der Waals surface area contributed by atoms with Crippen molar-refractivity contribution in [3.8, 4) is 0 Å². The van der Waals surface area contributed by atoms with Gasteiger partial charge in [-0.15, -0.1) is 11.3 Å². The van der Waals surface area contributed by atoms with Crippen molar-refractivity contribution in [2.45, 2.75) is 4.90 Å². The molecular weight excluding hydrogens is 273 g/mol. The molecule has 0 spiro atoms. The first kappa shape index (κ1) is 11.6. The fourth-order valence-corrected chi connectivity index (χ4v) is 3.67. The van der Waals surface area contributed by atoms with Gasteiger partial charge in [0.05, 0.1) is 4.34 Å². The molecule has 0 saturated carbocycles. The molecule has 0 fully saturated rings. The fraction of sp³-hybridized carbons (Fsp3) is 0. The van der Waals surface area contributed by atoms with E-state index in [9.17, 15) is 13.2 Å². The molecule has 1 aromatic heterocycles. The summed E-state index contributed by atoms with van der Waals surface area (Å²) in [6.45, 7) is 0. The average molecular weight is 276 g/mol. The van der Waals surface area contributed by atoms with Crippen LogP contribution in [0.1, 0.15) is 0 Å². The average Bonchev–Trinajstić information content (AvgIpc) is 2.27. The Morgan fingerprint density at radius 2 is 2.07 bits per heavy atom. The molecule has 0 aromatic carbocycles. The zero-order chi connectivity index (χ0) is 10.9. The first-order valence-corrected chi connectivity index (χ1v) is 6.09. The second kappa shape index (κ2) is 3.93. The van der Waals surface area contributed by atoms with Crippen LogP contribution in [-0.4, -0.2) is 19.6 Å². The Balaban J connectivity index is 3.16. The summed E-state index contributed by atoms with van der Waals surface area (Å²) in [5.41, 5.74) is 0. The van der Waals surface area contributed by atoms with Gasteiger partial charge in [-0.25, -0.2) is 17.9 Å². The first-order valence-electron chi connectivity index (χ1n) is 3.03. The van der Waals surface area contributed by atoms with E-state index in [1.165, 1.54) is 4.72 Å². The summed E-state index contributed by atoms with van der Waals surface area (Å²) >= 11 is 11.9. The van der Waals surface area contributed by atoms with Crippen molar-refractivity contribution in [3.05, 3.63) is 14.7 Å². The Morgan fingerprint density at radius 1 is 1.50 bits per heavy atom. The summed E-state index contributed by atoms with van der Waals surface area (Å²) in [7, 11) is -4.12. The van der Waals surface area contributed by atoms with Crippen LogP contribution in [-0.2, 0) is 10.0 Å². The Kier molecular flexibility index (Phi) is 3.25. The molecule has 0 aliphatic rings. The van der Waals surface area contributed by atoms with Crippen LogP contribution >= 0.6 is 34.5 Å². The third-order valence-corrected chi connectivity index (χ3v) is 4.21. The van der Waals surface area contributed by atoms with Crippen LogP contribution in [0.5, 0.6) is 0 Å². The normalized spacial score (nSPS) is 11.3. The molecule has 2 N–H and O–H groups in total. The van der Waals surface area contributed by atoms with E-state index in [4.69, 9.17) is 28.3 Å². The van der Waals surface area contributed by atoms with Gasteiger partial charge in [0.2, 0.25) is 0 Å². The molecule has 1 amide bonds. The molecule has 14 heavy (non-hydrogen) atoms. The van der Waals surface area contributed by atoms with E-state index in [0.29, 0.717) is 0 Å². The minimum absolute atomic E-state index is 0.0799. The summed E-state index contributed by atoms with van der Waals surface area (Å²) in [6.07, 6.45) is -1.68. The van der Waals surface area contributed by atoms with Gasteiger partial charge in [0.25, 0.3) is 10.0 Å². The Bertz CT molecular complexity index is 466. The van der Waals surface area contributed by atoms with Crippen molar-refractivity contribution in [3.63, 3.8) is 0 Å². The molecule has 0 atom stereocenters. The number of rotatable bonds is 2. The second-order valence-corrected chi connectivity index (χ2v) is 6.04. The molecule has 1 rings (SSSR count). The number of sulfonamides is 1. The van der Waals surface area contributed by atoms with Gasteiger partial charge >= 0.3 is 6.09 Å². The predicted molar refractivity (Wildman–Crippen MR) is 52.7 cm³/mol. The maximum Gasteiger partial charge on any atom is 0.418 e. The van der Waals surface area contributed by atoms with E-state index in [2.05, 4.69) is 0 Å². The lowest BCUT2D eigenvalue weighted by Crippen LogP contribution is -2.28. The van der Waals surface area contributed by atoms with Crippen molar-refractivity contribution in [2.75, 3.05) is 0 Å². The van der Waals surface area contributed by atoms with Gasteiger partial charge < -0.3 is 5.11 Å². The van der Waals surface area contributed by atoms with Gasteiger partial charge in [0, 0.05) is 0 Å². The highest BCUT2D eigenvalue weighted by Gasteiger charge is 2.22. The van der Waals surface area contributed by atoms with Crippen LogP contribution < -0.4 is 4.72 Å². The lowest BCUT2D eigenvalue weighted by molar-refractivity contribution is 0.201. The molecule has 0 radical (unpaired) electrons. The van der Waals surface area contributed by atoms with E-state index in [1.54, 1.807) is 0 Å². The molecule has 5 nitrogen and oxygen atoms in total. The first-order chi connectivity index (χ1) is 6.33. The number of hydrogen-bond acceptors (Lipinski definition) is 4. The smallest absolute Gasteiger partial charge is 0.418 e. The van der Waals surface area contributed by atoms with E-state index in [1.807, 2.05) is 0 Å². The maximum atomic E-state index is 11.2. The van der Waals surface area contributed by atoms with E-state index in [0.717, 1.165) is 17.4 Å². The van der Waals surface area contributed by atoms with Crippen molar-refractivity contribution < 1.29 is 18.3 Å². The van der Waals surface area contributed by atoms with Crippen LogP contribution in [0, 0.1) is 0 Å². The topological polar surface area (TPSA) is 83.5 Å². The Hall–Kier alpha value is -0.500. The van der Waals surface area contributed by atoms with Crippen LogP contribution in [0.25, 0.3) is 0 Å². The van der Waals surface area contributed by atoms with Crippen molar-refractivity contribution in [1.29, 1.82) is 0 Å². The van der Waals surface area contributed by atoms with Gasteiger partial charge in [-0.3, -0.25) is 0 Å². The standard InChI is InChI=1S/C5H3Cl2NO4S2/c6-3-1-2(4(7)13-3)14(11,12)8-5(9)10/h1,8H,(H,9,10). The van der Waals surface area contributed by atoms with E-state index < -0.39 is 16.1 Å². The van der Waals surface area contributed by atoms with Crippen LogP contribution in [0.3, 0.4) is 0 Å². The minimum Gasteiger partial charge on any atom is -0.464 e. The van der Waals surface area contributed by atoms with Crippen molar-refractivity contribution >= 4 is 50.7 Å². The lowest BCUT2D eigenvalue weighted by atomic mass is 10.7. The molecular formula is C5H3Cl2NO4S2. The van der Waals surface area contributed by atoms with Crippen LogP contribution in [0.2, 0.25) is 8.67 Å². The lowest BCUT2D eigenvalue weighted by Gasteiger charge is -2.00. The molecule has 0 saturated heterocycles. The molecule has 1 heterocycles. The summed E-state index contributed by atoms with van der Waals surface area (Å²) < 4.78 is 23.9. The third kappa shape index (κ3) is 2.50. The van der Waals surface area contributed by atoms with Gasteiger partial charge in [-0.05, 0) is 6.07 Å². The molecule has 0 aliphatic carbocycles. The predicted octanol–water partition coefficient (Wildman–Crippen LogP) is 2.01. The number of halogens is 2. The van der Waals surface area contributed by atoms with Crippen molar-refractivity contribution in [1.82, 2.24) is 4.72 Å². The maximum absolute atomic E-state index is 11.2. The second-order valence-electron chi connectivity index (χ2n) is 2.10. The van der Waals surface area contributed by atoms with Gasteiger partial charge in [-0.2, -0.15) is 0 Å². The van der Waals surface area contributed by atoms with Gasteiger partial charge in [0.15, 0.2) is 0 Å². The number of carbonyl (C=O) groups is 1. The highest BCUT2D eigenvalue weighted by atomic mass is 35.5. The molecule has 0 bridgehead atoms. The summed E-state index contributed by atoms with van der Waals surface area (Å²) in [5, 5.41) is 8.25. The summed E-state index contributed by atoms with van der Waals surface area (Å²) in [6, 6.07) is 1.08. The van der Waals surface area contributed by atoms with Gasteiger partial charge in [0.1, 0.15) is 9.23 Å². The molecule has 0 aliphatic heterocycles. The summed E-state index contributed by atoms with van der Waals surface area (Å²) in [4.78, 5) is 9.81. The number of hydrogen-bond donors (Lipinski definition) is 2. The zero-order valence-electron chi connectivity index (χ0n) is 6.32. The van der Waals surface area contributed by atoms with E-state index >= 15 is 0 Å². The van der Waals surface area contributed by atoms with Gasteiger partial charge in [-0.1, -0.05) is 23.2 Å². The minimum atomic E-state index is -4.12. The number of amides is 1. The van der Waals surface area contributed by atoms with Crippen LogP contribution in [0.4, 0.5) is 4.79 Å². The quantitative estimate of drug-likeness (QED) is 0.865. The monoisotopic (exact) mass is 275 g/mol. The number of carboxylic acid groups (broad SMARTS) is 1. The highest BCUT2D eigenvalue weighted by molar-refractivity contribution is 7.90. The van der Waals surface area contributed by atoms with Crippen molar-refractivity contribution in [2.24, 2.45) is 0 Å². The summed E-state index contributed by atoms with van der Waals surface area (Å²) in [5.74, 6) is 0. The fourth-order valence-electron chi connectivity index (χ4n) is 0.678. The molecule has 0 unspecified atom stereocenters. The SMILES string of the molecule is O=C(O)NS(=O)(=O)c1cc(Cl)sc1Cl. The number of nitrogens with one attached hydrogen (secondary N) is 1.